The first-order chi connectivity index (χ1) is 18.7. The monoisotopic (exact) mass is 488 g/mol. The van der Waals surface area contributed by atoms with Gasteiger partial charge in [-0.1, -0.05) is 0 Å². The van der Waals surface area contributed by atoms with Crippen molar-refractivity contribution >= 4 is 88.3 Å². The van der Waals surface area contributed by atoms with E-state index in [0.29, 0.717) is 0 Å². The van der Waals surface area contributed by atoms with Gasteiger partial charge >= 0.3 is 0 Å². The molecular weight excluding hydrogens is 476 g/mol. The average Bonchev–Trinajstić information content (AvgIpc) is 2.93. The van der Waals surface area contributed by atoms with Crippen molar-refractivity contribution in [3.8, 4) is 0 Å². The number of benzene rings is 4. The molecule has 0 unspecified atom stereocenters. The van der Waals surface area contributed by atoms with Crippen molar-refractivity contribution in [1.29, 1.82) is 0 Å². The number of hydrogen-bond donors (Lipinski definition) is 0. The Balaban J connectivity index is 1.28. The average molecular weight is 488 g/mol. The lowest BCUT2D eigenvalue weighted by Crippen LogP contribution is -1.94. The van der Waals surface area contributed by atoms with Gasteiger partial charge in [-0.05, 0) is 48.5 Å². The maximum Gasteiger partial charge on any atom is 0.0917 e. The van der Waals surface area contributed by atoms with Crippen LogP contribution in [-0.4, -0.2) is 49.8 Å². The molecule has 38 heavy (non-hydrogen) atoms. The minimum Gasteiger partial charge on any atom is -0.253 e. The Hall–Kier alpha value is -5.64. The summed E-state index contributed by atoms with van der Waals surface area (Å²) in [6.07, 6.45) is 6.68. The van der Waals surface area contributed by atoms with Crippen LogP contribution in [0.2, 0.25) is 0 Å². The highest BCUT2D eigenvalue weighted by Crippen LogP contribution is 2.27. The molecule has 174 valence electrons. The van der Waals surface area contributed by atoms with Crippen molar-refractivity contribution in [2.45, 2.75) is 0 Å². The number of rotatable bonds is 0. The largest absolute Gasteiger partial charge is 0.253 e. The van der Waals surface area contributed by atoms with Crippen LogP contribution in [0.25, 0.3) is 88.3 Å². The second-order valence-corrected chi connectivity index (χ2v) is 9.10. The topological polar surface area (TPSA) is 129 Å². The normalized spacial score (nSPS) is 12.2. The molecule has 0 amide bonds. The van der Waals surface area contributed by atoms with E-state index < -0.39 is 0 Å². The molecular formula is C28H12N10. The summed E-state index contributed by atoms with van der Waals surface area (Å²) in [6.45, 7) is 0. The lowest BCUT2D eigenvalue weighted by atomic mass is 10.2. The third kappa shape index (κ3) is 2.82. The van der Waals surface area contributed by atoms with Crippen LogP contribution in [0.4, 0.5) is 0 Å². The Labute approximate surface area is 211 Å². The Morgan fingerprint density at radius 3 is 0.553 bits per heavy atom. The Bertz CT molecular complexity index is 2130. The van der Waals surface area contributed by atoms with E-state index in [1.165, 1.54) is 0 Å². The SMILES string of the molecule is c1cnc2cc3nc4cc5nc6cc7nc8cc9nccnc9cc8nc7cc6nc5cc4nc3cc2n1. The van der Waals surface area contributed by atoms with Gasteiger partial charge in [-0.25, -0.2) is 29.9 Å². The van der Waals surface area contributed by atoms with E-state index in [1.54, 1.807) is 24.8 Å². The molecule has 4 aromatic carbocycles. The van der Waals surface area contributed by atoms with Crippen molar-refractivity contribution in [1.82, 2.24) is 49.8 Å². The van der Waals surface area contributed by atoms with Crippen LogP contribution in [-0.2, 0) is 0 Å². The summed E-state index contributed by atoms with van der Waals surface area (Å²) in [4.78, 5) is 46.7. The van der Waals surface area contributed by atoms with E-state index in [0.717, 1.165) is 88.3 Å². The first kappa shape index (κ1) is 19.5. The van der Waals surface area contributed by atoms with Gasteiger partial charge in [-0.15, -0.1) is 0 Å². The van der Waals surface area contributed by atoms with Crippen molar-refractivity contribution in [3.05, 3.63) is 73.3 Å². The van der Waals surface area contributed by atoms with Crippen LogP contribution in [0.15, 0.2) is 73.3 Å². The van der Waals surface area contributed by atoms with Crippen LogP contribution in [0.5, 0.6) is 0 Å². The van der Waals surface area contributed by atoms with E-state index in [1.807, 2.05) is 48.5 Å². The van der Waals surface area contributed by atoms with Crippen LogP contribution < -0.4 is 0 Å². The summed E-state index contributed by atoms with van der Waals surface area (Å²) in [5, 5.41) is 0. The van der Waals surface area contributed by atoms with Crippen LogP contribution in [0.3, 0.4) is 0 Å². The van der Waals surface area contributed by atoms with E-state index in [4.69, 9.17) is 29.9 Å². The van der Waals surface area contributed by atoms with Gasteiger partial charge in [0.1, 0.15) is 0 Å². The summed E-state index contributed by atoms with van der Waals surface area (Å²) in [5.41, 5.74) is 12.0. The van der Waals surface area contributed by atoms with Gasteiger partial charge in [0.2, 0.25) is 0 Å². The zero-order valence-electron chi connectivity index (χ0n) is 19.4. The number of nitrogens with zero attached hydrogens (tertiary/aromatic N) is 10. The van der Waals surface area contributed by atoms with E-state index >= 15 is 0 Å². The molecule has 9 rings (SSSR count). The van der Waals surface area contributed by atoms with Crippen LogP contribution >= 0.6 is 0 Å². The standard InChI is InChI=1S/C28H12N10/c1-2-30-14-6-18-17(5-13(14)29-1)33-21-9-25-26(10-22(21)34-18)38-28-12-24-23(11-27(28)37-25)35-19-7-15-16(8-20(19)36-24)32-4-3-31-15/h1-12H. The number of aromatic nitrogens is 10. The first-order valence-corrected chi connectivity index (χ1v) is 11.9. The smallest absolute Gasteiger partial charge is 0.0917 e. The minimum atomic E-state index is 0.730. The number of fused-ring (bicyclic) bond motifs is 8. The van der Waals surface area contributed by atoms with Crippen LogP contribution in [0, 0.1) is 0 Å². The van der Waals surface area contributed by atoms with E-state index in [9.17, 15) is 0 Å². The van der Waals surface area contributed by atoms with Gasteiger partial charge in [0.05, 0.1) is 88.3 Å². The molecule has 0 spiro atoms. The quantitative estimate of drug-likeness (QED) is 0.273. The second-order valence-electron chi connectivity index (χ2n) is 9.10. The van der Waals surface area contributed by atoms with Crippen LogP contribution in [0.1, 0.15) is 0 Å². The highest BCUT2D eigenvalue weighted by molar-refractivity contribution is 6.02. The van der Waals surface area contributed by atoms with Crippen molar-refractivity contribution < 1.29 is 0 Å². The molecule has 0 radical (unpaired) electrons. The van der Waals surface area contributed by atoms with Gasteiger partial charge in [0.25, 0.3) is 0 Å². The predicted molar refractivity (Wildman–Crippen MR) is 144 cm³/mol. The molecule has 0 aliphatic carbocycles. The lowest BCUT2D eigenvalue weighted by Gasteiger charge is -2.07. The van der Waals surface area contributed by atoms with Gasteiger partial charge in [-0.3, -0.25) is 19.9 Å². The second kappa shape index (κ2) is 6.98. The van der Waals surface area contributed by atoms with Gasteiger partial charge in [0.15, 0.2) is 0 Å². The first-order valence-electron chi connectivity index (χ1n) is 11.9. The molecule has 0 fully saturated rings. The minimum absolute atomic E-state index is 0.730. The zero-order valence-corrected chi connectivity index (χ0v) is 19.4. The maximum atomic E-state index is 4.90. The van der Waals surface area contributed by atoms with Crippen molar-refractivity contribution in [3.63, 3.8) is 0 Å². The summed E-state index contributed by atoms with van der Waals surface area (Å²) < 4.78 is 0. The molecule has 5 aromatic heterocycles. The summed E-state index contributed by atoms with van der Waals surface area (Å²) in [6, 6.07) is 15.3. The Morgan fingerprint density at radius 1 is 0.211 bits per heavy atom. The predicted octanol–water partition coefficient (Wildman–Crippen LogP) is 4.86. The van der Waals surface area contributed by atoms with Crippen molar-refractivity contribution in [2.24, 2.45) is 0 Å². The van der Waals surface area contributed by atoms with Gasteiger partial charge in [0, 0.05) is 24.8 Å². The third-order valence-electron chi connectivity index (χ3n) is 6.72. The molecule has 0 aliphatic rings. The molecule has 10 nitrogen and oxygen atoms in total. The van der Waals surface area contributed by atoms with Crippen molar-refractivity contribution in [2.75, 3.05) is 0 Å². The summed E-state index contributed by atoms with van der Waals surface area (Å²) >= 11 is 0. The Morgan fingerprint density at radius 2 is 0.368 bits per heavy atom. The highest BCUT2D eigenvalue weighted by Gasteiger charge is 2.12. The summed E-state index contributed by atoms with van der Waals surface area (Å²) in [5.74, 6) is 0. The molecule has 0 N–H and O–H groups in total. The van der Waals surface area contributed by atoms with E-state index in [-0.39, 0.29) is 0 Å². The van der Waals surface area contributed by atoms with Gasteiger partial charge < -0.3 is 0 Å². The highest BCUT2D eigenvalue weighted by atomic mass is 14.9. The molecule has 0 aliphatic heterocycles. The Kier molecular flexibility index (Phi) is 3.59. The fourth-order valence-electron chi connectivity index (χ4n) is 4.94. The molecule has 0 bridgehead atoms. The molecule has 5 heterocycles. The molecule has 9 aromatic rings. The molecule has 10 heteroatoms. The lowest BCUT2D eigenvalue weighted by molar-refractivity contribution is 1.29. The fraction of sp³-hybridized carbons (Fsp3) is 0. The van der Waals surface area contributed by atoms with Gasteiger partial charge in [-0.2, -0.15) is 0 Å². The van der Waals surface area contributed by atoms with E-state index in [2.05, 4.69) is 19.9 Å². The third-order valence-corrected chi connectivity index (χ3v) is 6.72. The fourth-order valence-corrected chi connectivity index (χ4v) is 4.94. The molecule has 0 saturated heterocycles. The number of hydrogen-bond acceptors (Lipinski definition) is 10. The zero-order chi connectivity index (χ0) is 24.8. The molecule has 0 atom stereocenters. The maximum absolute atomic E-state index is 4.90. The summed E-state index contributed by atoms with van der Waals surface area (Å²) in [7, 11) is 0. The molecule has 0 saturated carbocycles.